The Morgan fingerprint density at radius 3 is 2.93 bits per heavy atom. The molecule has 0 atom stereocenters. The molecule has 0 amide bonds. The first kappa shape index (κ1) is 9.31. The second kappa shape index (κ2) is 3.86. The molecule has 0 aliphatic heterocycles. The molecule has 1 fully saturated rings. The number of nitrogen functional groups attached to an aromatic ring is 1. The fraction of sp³-hybridized carbons (Fsp3) is 0.545. The van der Waals surface area contributed by atoms with Crippen LogP contribution < -0.4 is 11.1 Å². The molecule has 0 saturated heterocycles. The quantitative estimate of drug-likeness (QED) is 0.770. The largest absolute Gasteiger partial charge is 0.396 e. The highest BCUT2D eigenvalue weighted by atomic mass is 15.0. The lowest BCUT2D eigenvalue weighted by Crippen LogP contribution is -2.21. The molecule has 0 bridgehead atoms. The van der Waals surface area contributed by atoms with E-state index in [9.17, 15) is 0 Å². The van der Waals surface area contributed by atoms with Crippen molar-refractivity contribution in [1.29, 1.82) is 0 Å². The van der Waals surface area contributed by atoms with Crippen molar-refractivity contribution in [2.24, 2.45) is 5.92 Å². The van der Waals surface area contributed by atoms with E-state index in [1.807, 2.05) is 19.1 Å². The summed E-state index contributed by atoms with van der Waals surface area (Å²) >= 11 is 0. The molecule has 3 heteroatoms. The normalized spacial score (nSPS) is 16.4. The number of nitrogens with one attached hydrogen (secondary N) is 1. The Hall–Kier alpha value is -1.25. The van der Waals surface area contributed by atoms with Crippen LogP contribution in [0.5, 0.6) is 0 Å². The van der Waals surface area contributed by atoms with Gasteiger partial charge in [-0.05, 0) is 37.8 Å². The molecule has 0 spiro atoms. The van der Waals surface area contributed by atoms with Gasteiger partial charge in [0.25, 0.3) is 0 Å². The van der Waals surface area contributed by atoms with E-state index in [0.29, 0.717) is 0 Å². The molecule has 1 aromatic heterocycles. The number of aryl methyl sites for hydroxylation is 1. The lowest BCUT2D eigenvalue weighted by atomic mass is 9.85. The lowest BCUT2D eigenvalue weighted by Gasteiger charge is -2.25. The van der Waals surface area contributed by atoms with Gasteiger partial charge in [-0.3, -0.25) is 0 Å². The van der Waals surface area contributed by atoms with Crippen molar-refractivity contribution >= 4 is 11.5 Å². The smallest absolute Gasteiger partial charge is 0.149 e. The van der Waals surface area contributed by atoms with E-state index in [1.54, 1.807) is 0 Å². The summed E-state index contributed by atoms with van der Waals surface area (Å²) in [6.45, 7) is 2.99. The monoisotopic (exact) mass is 191 g/mol. The fourth-order valence-electron chi connectivity index (χ4n) is 1.65. The van der Waals surface area contributed by atoms with Gasteiger partial charge in [0.1, 0.15) is 5.82 Å². The van der Waals surface area contributed by atoms with Crippen LogP contribution in [-0.4, -0.2) is 11.5 Å². The van der Waals surface area contributed by atoms with Crippen molar-refractivity contribution in [1.82, 2.24) is 4.98 Å². The van der Waals surface area contributed by atoms with E-state index < -0.39 is 0 Å². The van der Waals surface area contributed by atoms with Crippen LogP contribution in [0.2, 0.25) is 0 Å². The summed E-state index contributed by atoms with van der Waals surface area (Å²) in [6.07, 6.45) is 4.07. The number of rotatable bonds is 3. The summed E-state index contributed by atoms with van der Waals surface area (Å²) in [7, 11) is 0. The number of nitrogens with two attached hydrogens (primary N) is 1. The molecule has 14 heavy (non-hydrogen) atoms. The van der Waals surface area contributed by atoms with Crippen LogP contribution in [0.3, 0.4) is 0 Å². The average molecular weight is 191 g/mol. The van der Waals surface area contributed by atoms with E-state index in [1.165, 1.54) is 19.3 Å². The Bertz CT molecular complexity index is 318. The second-order valence-electron chi connectivity index (χ2n) is 4.07. The van der Waals surface area contributed by atoms with Crippen LogP contribution in [0.15, 0.2) is 12.1 Å². The molecule has 1 saturated carbocycles. The van der Waals surface area contributed by atoms with Crippen molar-refractivity contribution in [2.45, 2.75) is 26.2 Å². The molecule has 3 N–H and O–H groups in total. The second-order valence-corrected chi connectivity index (χ2v) is 4.07. The maximum Gasteiger partial charge on any atom is 0.149 e. The summed E-state index contributed by atoms with van der Waals surface area (Å²) < 4.78 is 0. The van der Waals surface area contributed by atoms with E-state index in [2.05, 4.69) is 10.3 Å². The van der Waals surface area contributed by atoms with Gasteiger partial charge >= 0.3 is 0 Å². The number of hydrogen-bond donors (Lipinski definition) is 2. The highest BCUT2D eigenvalue weighted by Gasteiger charge is 2.17. The number of pyridine rings is 1. The Morgan fingerprint density at radius 1 is 1.50 bits per heavy atom. The van der Waals surface area contributed by atoms with Crippen LogP contribution >= 0.6 is 0 Å². The molecule has 3 nitrogen and oxygen atoms in total. The summed E-state index contributed by atoms with van der Waals surface area (Å²) in [5, 5.41) is 3.32. The molecule has 0 aromatic carbocycles. The lowest BCUT2D eigenvalue weighted by molar-refractivity contribution is 0.333. The minimum atomic E-state index is 0.745. The molecule has 1 aliphatic carbocycles. The maximum atomic E-state index is 5.81. The molecule has 1 aromatic rings. The van der Waals surface area contributed by atoms with Gasteiger partial charge in [0.2, 0.25) is 0 Å². The van der Waals surface area contributed by atoms with Crippen LogP contribution in [-0.2, 0) is 0 Å². The third-order valence-electron chi connectivity index (χ3n) is 2.85. The van der Waals surface area contributed by atoms with Gasteiger partial charge in [0.15, 0.2) is 0 Å². The van der Waals surface area contributed by atoms with Gasteiger partial charge in [-0.25, -0.2) is 4.98 Å². The van der Waals surface area contributed by atoms with Crippen molar-refractivity contribution in [3.8, 4) is 0 Å². The van der Waals surface area contributed by atoms with E-state index in [0.717, 1.165) is 29.7 Å². The molecular weight excluding hydrogens is 174 g/mol. The summed E-state index contributed by atoms with van der Waals surface area (Å²) in [5.74, 6) is 1.67. The number of aromatic nitrogens is 1. The van der Waals surface area contributed by atoms with Gasteiger partial charge in [-0.2, -0.15) is 0 Å². The zero-order valence-corrected chi connectivity index (χ0v) is 8.59. The third kappa shape index (κ3) is 1.97. The third-order valence-corrected chi connectivity index (χ3v) is 2.85. The summed E-state index contributed by atoms with van der Waals surface area (Å²) in [4.78, 5) is 4.37. The number of nitrogens with zero attached hydrogens (tertiary/aromatic N) is 1. The van der Waals surface area contributed by atoms with Crippen molar-refractivity contribution < 1.29 is 0 Å². The van der Waals surface area contributed by atoms with Crippen molar-refractivity contribution in [2.75, 3.05) is 17.6 Å². The van der Waals surface area contributed by atoms with Crippen molar-refractivity contribution in [3.05, 3.63) is 17.8 Å². The highest BCUT2D eigenvalue weighted by Crippen LogP contribution is 2.27. The average Bonchev–Trinajstić information content (AvgIpc) is 2.08. The van der Waals surface area contributed by atoms with Gasteiger partial charge < -0.3 is 11.1 Å². The molecule has 0 radical (unpaired) electrons. The highest BCUT2D eigenvalue weighted by molar-refractivity contribution is 5.61. The minimum absolute atomic E-state index is 0.745. The zero-order valence-electron chi connectivity index (χ0n) is 8.59. The van der Waals surface area contributed by atoms with Gasteiger partial charge in [0.05, 0.1) is 5.69 Å². The Kier molecular flexibility index (Phi) is 2.57. The van der Waals surface area contributed by atoms with E-state index in [4.69, 9.17) is 5.73 Å². The van der Waals surface area contributed by atoms with E-state index in [-0.39, 0.29) is 0 Å². The van der Waals surface area contributed by atoms with Crippen molar-refractivity contribution in [3.63, 3.8) is 0 Å². The minimum Gasteiger partial charge on any atom is -0.396 e. The summed E-state index contributed by atoms with van der Waals surface area (Å²) in [6, 6.07) is 3.84. The first-order valence-corrected chi connectivity index (χ1v) is 5.22. The molecular formula is C11H17N3. The molecule has 2 rings (SSSR count). The Balaban J connectivity index is 1.96. The molecule has 0 unspecified atom stereocenters. The van der Waals surface area contributed by atoms with Crippen LogP contribution in [0, 0.1) is 12.8 Å². The predicted molar refractivity (Wildman–Crippen MR) is 59.2 cm³/mol. The Morgan fingerprint density at radius 2 is 2.29 bits per heavy atom. The van der Waals surface area contributed by atoms with Crippen LogP contribution in [0.25, 0.3) is 0 Å². The van der Waals surface area contributed by atoms with Gasteiger partial charge in [-0.1, -0.05) is 6.42 Å². The molecule has 76 valence electrons. The SMILES string of the molecule is Cc1ccc(N)c(NCC2CCC2)n1. The number of hydrogen-bond acceptors (Lipinski definition) is 3. The number of anilines is 2. The van der Waals surface area contributed by atoms with E-state index >= 15 is 0 Å². The van der Waals surface area contributed by atoms with Crippen LogP contribution in [0.1, 0.15) is 25.0 Å². The fourth-order valence-corrected chi connectivity index (χ4v) is 1.65. The zero-order chi connectivity index (χ0) is 9.97. The predicted octanol–water partition coefficient (Wildman–Crippen LogP) is 2.18. The Labute approximate surface area is 84.7 Å². The molecule has 1 aliphatic rings. The standard InChI is InChI=1S/C11H17N3/c1-8-5-6-10(12)11(14-8)13-7-9-3-2-4-9/h5-6,9H,2-4,7,12H2,1H3,(H,13,14). The topological polar surface area (TPSA) is 50.9 Å². The molecule has 1 heterocycles. The van der Waals surface area contributed by atoms with Crippen LogP contribution in [0.4, 0.5) is 11.5 Å². The maximum absolute atomic E-state index is 5.81. The first-order valence-electron chi connectivity index (χ1n) is 5.22. The first-order chi connectivity index (χ1) is 6.75. The van der Waals surface area contributed by atoms with Gasteiger partial charge in [-0.15, -0.1) is 0 Å². The summed E-state index contributed by atoms with van der Waals surface area (Å²) in [5.41, 5.74) is 7.56. The van der Waals surface area contributed by atoms with Gasteiger partial charge in [0, 0.05) is 12.2 Å².